The number of aliphatic hydroxyl groups excluding tert-OH is 11. The fourth-order valence-corrected chi connectivity index (χ4v) is 13.9. The molecule has 0 aromatic carbocycles. The smallest absolute Gasteiger partial charge is 0.220 e. The fourth-order valence-electron chi connectivity index (χ4n) is 13.9. The number of nitrogens with one attached hydrogen (secondary N) is 1. The van der Waals surface area contributed by atoms with Crippen LogP contribution in [0.3, 0.4) is 0 Å². The van der Waals surface area contributed by atoms with E-state index in [0.29, 0.717) is 12.8 Å². The molecule has 0 saturated carbocycles. The van der Waals surface area contributed by atoms with Gasteiger partial charge in [0, 0.05) is 6.42 Å². The Balaban J connectivity index is 1.35. The summed E-state index contributed by atoms with van der Waals surface area (Å²) >= 11 is 0. The minimum atomic E-state index is -1.99. The Kier molecular flexibility index (Phi) is 63.9. The minimum Gasteiger partial charge on any atom is -0.394 e. The van der Waals surface area contributed by atoms with E-state index >= 15 is 0 Å². The summed E-state index contributed by atoms with van der Waals surface area (Å²) in [6.07, 6.45) is 74.5. The van der Waals surface area contributed by atoms with Gasteiger partial charge in [0.2, 0.25) is 5.91 Å². The molecule has 0 aliphatic carbocycles. The van der Waals surface area contributed by atoms with Crippen molar-refractivity contribution in [3.63, 3.8) is 0 Å². The van der Waals surface area contributed by atoms with Crippen LogP contribution in [0, 0.1) is 0 Å². The van der Waals surface area contributed by atoms with Crippen molar-refractivity contribution in [2.45, 2.75) is 413 Å². The standard InChI is InChI=1S/C92H157NO18/c1-3-5-7-9-11-13-15-17-19-21-23-25-27-29-31-32-33-34-35-36-37-38-39-40-41-42-44-46-48-50-52-54-56-58-60-62-64-66-68-70-80(98)93-75(76(97)69-67-65-63-61-59-57-55-53-51-49-47-45-43-30-28-26-24-22-20-18-16-14-12-10-8-6-4-2)74-106-90-86(104)83(101)88(78(72-95)108-90)111-92-87(105)84(102)89(79(73-96)109-92)110-91-85(103)82(100)81(99)77(71-94)107-91/h5,7,11,13,17,19,23,25,29,31,33-34,36-37,39-40,51,53,59,61,67,69,75-79,81-92,94-97,99-105H,3-4,6,8-10,12,14-16,18,20-22,24,26-28,30,32,35,38,41-50,52,54-58,60,62-66,68,70-74H2,1-2H3,(H,93,98)/b7-5-,13-11-,19-17-,25-23-,31-29-,34-33-,37-36-,40-39-,53-51+,61-59+,69-67+. The number of hydrogen-bond acceptors (Lipinski definition) is 18. The number of ether oxygens (including phenoxy) is 6. The first-order valence-corrected chi connectivity index (χ1v) is 43.9. The van der Waals surface area contributed by atoms with E-state index in [9.17, 15) is 61.0 Å². The Bertz CT molecular complexity index is 2530. The highest BCUT2D eigenvalue weighted by atomic mass is 16.8. The highest BCUT2D eigenvalue weighted by Crippen LogP contribution is 2.33. The summed E-state index contributed by atoms with van der Waals surface area (Å²) in [5.74, 6) is -0.292. The topological polar surface area (TPSA) is 307 Å². The quantitative estimate of drug-likeness (QED) is 0.0199. The summed E-state index contributed by atoms with van der Waals surface area (Å²) < 4.78 is 34.5. The maximum Gasteiger partial charge on any atom is 0.220 e. The van der Waals surface area contributed by atoms with Crippen LogP contribution in [0.2, 0.25) is 0 Å². The van der Waals surface area contributed by atoms with Crippen molar-refractivity contribution in [2.75, 3.05) is 26.4 Å². The Hall–Kier alpha value is -4.07. The lowest BCUT2D eigenvalue weighted by Crippen LogP contribution is -2.66. The second-order valence-corrected chi connectivity index (χ2v) is 30.6. The van der Waals surface area contributed by atoms with Crippen molar-refractivity contribution in [3.05, 3.63) is 134 Å². The lowest BCUT2D eigenvalue weighted by molar-refractivity contribution is -0.379. The van der Waals surface area contributed by atoms with Gasteiger partial charge < -0.3 is 89.9 Å². The molecule has 3 fully saturated rings. The zero-order valence-electron chi connectivity index (χ0n) is 68.6. The van der Waals surface area contributed by atoms with E-state index < -0.39 is 124 Å². The highest BCUT2D eigenvalue weighted by Gasteiger charge is 2.54. The van der Waals surface area contributed by atoms with Crippen molar-refractivity contribution in [1.29, 1.82) is 0 Å². The molecule has 0 spiro atoms. The molecule has 638 valence electrons. The first-order valence-electron chi connectivity index (χ1n) is 43.9. The predicted octanol–water partition coefficient (Wildman–Crippen LogP) is 16.4. The van der Waals surface area contributed by atoms with Crippen molar-refractivity contribution in [1.82, 2.24) is 5.32 Å². The molecule has 0 aromatic rings. The Morgan fingerprint density at radius 1 is 0.333 bits per heavy atom. The predicted molar refractivity (Wildman–Crippen MR) is 447 cm³/mol. The van der Waals surface area contributed by atoms with Gasteiger partial charge in [0.15, 0.2) is 18.9 Å². The molecule has 0 bridgehead atoms. The number of rotatable bonds is 69. The maximum atomic E-state index is 13.5. The van der Waals surface area contributed by atoms with E-state index in [4.69, 9.17) is 28.4 Å². The number of carbonyl (C=O) groups is 1. The highest BCUT2D eigenvalue weighted by molar-refractivity contribution is 5.76. The van der Waals surface area contributed by atoms with Crippen LogP contribution in [0.4, 0.5) is 0 Å². The lowest BCUT2D eigenvalue weighted by Gasteiger charge is -2.48. The fraction of sp³-hybridized carbons (Fsp3) is 0.750. The van der Waals surface area contributed by atoms with Gasteiger partial charge in [-0.15, -0.1) is 0 Å². The molecule has 17 atom stereocenters. The minimum absolute atomic E-state index is 0.224. The molecule has 12 N–H and O–H groups in total. The van der Waals surface area contributed by atoms with E-state index in [-0.39, 0.29) is 18.9 Å². The number of carbonyl (C=O) groups excluding carboxylic acids is 1. The molecule has 3 aliphatic heterocycles. The van der Waals surface area contributed by atoms with Gasteiger partial charge in [-0.25, -0.2) is 0 Å². The molecule has 0 aromatic heterocycles. The number of allylic oxidation sites excluding steroid dienone is 21. The molecule has 111 heavy (non-hydrogen) atoms. The zero-order chi connectivity index (χ0) is 80.3. The van der Waals surface area contributed by atoms with Gasteiger partial charge >= 0.3 is 0 Å². The molecule has 3 saturated heterocycles. The molecule has 19 nitrogen and oxygen atoms in total. The Labute approximate surface area is 670 Å². The summed E-state index contributed by atoms with van der Waals surface area (Å²) in [7, 11) is 0. The first-order chi connectivity index (χ1) is 54.3. The van der Waals surface area contributed by atoms with Crippen LogP contribution in [-0.4, -0.2) is 193 Å². The van der Waals surface area contributed by atoms with Gasteiger partial charge in [-0.1, -0.05) is 327 Å². The van der Waals surface area contributed by atoms with Gasteiger partial charge in [0.25, 0.3) is 0 Å². The molecule has 3 rings (SSSR count). The molecule has 3 aliphatic rings. The van der Waals surface area contributed by atoms with E-state index in [0.717, 1.165) is 109 Å². The number of aliphatic hydroxyl groups is 11. The largest absolute Gasteiger partial charge is 0.394 e. The van der Waals surface area contributed by atoms with Crippen molar-refractivity contribution in [3.8, 4) is 0 Å². The molecular formula is C92H157NO18. The lowest BCUT2D eigenvalue weighted by atomic mass is 9.96. The third kappa shape index (κ3) is 48.9. The monoisotopic (exact) mass is 1560 g/mol. The average molecular weight is 1570 g/mol. The summed E-state index contributed by atoms with van der Waals surface area (Å²) in [5.41, 5.74) is 0. The summed E-state index contributed by atoms with van der Waals surface area (Å²) in [5, 5.41) is 121. The van der Waals surface area contributed by atoms with Crippen LogP contribution >= 0.6 is 0 Å². The summed E-state index contributed by atoms with van der Waals surface area (Å²) in [4.78, 5) is 13.5. The van der Waals surface area contributed by atoms with Gasteiger partial charge in [-0.3, -0.25) is 4.79 Å². The van der Waals surface area contributed by atoms with Crippen molar-refractivity contribution in [2.24, 2.45) is 0 Å². The third-order valence-corrected chi connectivity index (χ3v) is 20.9. The molecular weight excluding hydrogens is 1410 g/mol. The molecule has 1 amide bonds. The number of unbranched alkanes of at least 4 members (excludes halogenated alkanes) is 33. The van der Waals surface area contributed by atoms with Crippen LogP contribution in [0.15, 0.2) is 134 Å². The second-order valence-electron chi connectivity index (χ2n) is 30.6. The summed E-state index contributed by atoms with van der Waals surface area (Å²) in [6, 6.07) is -1.01. The average Bonchev–Trinajstić information content (AvgIpc) is 0.780. The first kappa shape index (κ1) is 101. The van der Waals surface area contributed by atoms with Gasteiger partial charge in [0.05, 0.1) is 38.6 Å². The zero-order valence-corrected chi connectivity index (χ0v) is 68.6. The van der Waals surface area contributed by atoms with Crippen molar-refractivity contribution < 1.29 is 89.4 Å². The van der Waals surface area contributed by atoms with Crippen LogP contribution in [-0.2, 0) is 33.2 Å². The molecule has 0 radical (unpaired) electrons. The summed E-state index contributed by atoms with van der Waals surface area (Å²) in [6.45, 7) is 1.62. The van der Waals surface area contributed by atoms with E-state index in [1.807, 2.05) is 6.08 Å². The van der Waals surface area contributed by atoms with Crippen molar-refractivity contribution >= 4 is 5.91 Å². The van der Waals surface area contributed by atoms with Crippen LogP contribution in [0.5, 0.6) is 0 Å². The molecule has 19 heteroatoms. The van der Waals surface area contributed by atoms with Gasteiger partial charge in [0.1, 0.15) is 73.2 Å². The normalized spacial score (nSPS) is 25.7. The molecule has 3 heterocycles. The van der Waals surface area contributed by atoms with Crippen LogP contribution in [0.25, 0.3) is 0 Å². The van der Waals surface area contributed by atoms with Gasteiger partial charge in [-0.05, 0) is 109 Å². The van der Waals surface area contributed by atoms with E-state index in [1.54, 1.807) is 6.08 Å². The molecule has 17 unspecified atom stereocenters. The number of hydrogen-bond donors (Lipinski definition) is 12. The van der Waals surface area contributed by atoms with E-state index in [2.05, 4.69) is 141 Å². The second kappa shape index (κ2) is 70.2. The van der Waals surface area contributed by atoms with Crippen LogP contribution in [0.1, 0.15) is 309 Å². The van der Waals surface area contributed by atoms with E-state index in [1.165, 1.54) is 167 Å². The Morgan fingerprint density at radius 3 is 1.01 bits per heavy atom. The third-order valence-electron chi connectivity index (χ3n) is 20.9. The number of amides is 1. The Morgan fingerprint density at radius 2 is 0.631 bits per heavy atom. The van der Waals surface area contributed by atoms with Crippen LogP contribution < -0.4 is 5.32 Å². The SMILES string of the molecule is CC/C=C\C/C=C\C/C=C\C/C=C\C/C=C\C/C=C\C/C=C\C/C=C\CCCCCCCCCCCCCCCCC(=O)NC(COC1OC(CO)C(OC2OC(CO)C(OC3OC(CO)C(O)C(O)C3O)C(O)C2O)C(O)C1O)C(O)/C=C/CC/C=C/CC/C=C/CCCCCCCCCCCCCCCCCCC. The van der Waals surface area contributed by atoms with Gasteiger partial charge in [-0.2, -0.15) is 0 Å². The maximum absolute atomic E-state index is 13.5.